The molecule has 0 fully saturated rings. The van der Waals surface area contributed by atoms with Gasteiger partial charge < -0.3 is 14.2 Å². The van der Waals surface area contributed by atoms with Crippen molar-refractivity contribution in [2.45, 2.75) is 39.7 Å². The number of nitrogens with zero attached hydrogens (tertiary/aromatic N) is 3. The largest absolute Gasteiger partial charge is 0.493 e. The van der Waals surface area contributed by atoms with Crippen LogP contribution in [0.5, 0.6) is 5.75 Å². The van der Waals surface area contributed by atoms with Crippen molar-refractivity contribution in [3.05, 3.63) is 75.7 Å². The van der Waals surface area contributed by atoms with E-state index in [0.29, 0.717) is 5.92 Å². The highest BCUT2D eigenvalue weighted by atomic mass is 32.1. The fourth-order valence-corrected chi connectivity index (χ4v) is 5.06. The predicted molar refractivity (Wildman–Crippen MR) is 135 cm³/mol. The number of benzene rings is 2. The van der Waals surface area contributed by atoms with Crippen LogP contribution in [-0.2, 0) is 19.4 Å². The maximum Gasteiger partial charge on any atom is 0.268 e. The van der Waals surface area contributed by atoms with E-state index in [4.69, 9.17) is 9.72 Å². The van der Waals surface area contributed by atoms with Crippen molar-refractivity contribution < 1.29 is 9.53 Å². The minimum absolute atomic E-state index is 0.00386. The summed E-state index contributed by atoms with van der Waals surface area (Å²) in [5.41, 5.74) is 5.45. The molecule has 0 radical (unpaired) electrons. The topological polar surface area (TPSA) is 47.4 Å². The number of aromatic nitrogens is 2. The first kappa shape index (κ1) is 21.7. The third kappa shape index (κ3) is 4.40. The van der Waals surface area contributed by atoms with Gasteiger partial charge in [0, 0.05) is 32.1 Å². The summed E-state index contributed by atoms with van der Waals surface area (Å²) >= 11 is 1.46. The average molecular weight is 460 g/mol. The van der Waals surface area contributed by atoms with Gasteiger partial charge in [0.05, 0.1) is 22.5 Å². The van der Waals surface area contributed by atoms with Gasteiger partial charge in [-0.2, -0.15) is 0 Å². The lowest BCUT2D eigenvalue weighted by Crippen LogP contribution is -2.25. The van der Waals surface area contributed by atoms with Crippen LogP contribution in [0.2, 0.25) is 0 Å². The number of imidazole rings is 1. The lowest BCUT2D eigenvalue weighted by atomic mass is 10.1. The lowest BCUT2D eigenvalue weighted by molar-refractivity contribution is 0.0997. The number of hydrogen-bond donors (Lipinski definition) is 0. The quantitative estimate of drug-likeness (QED) is 0.343. The Morgan fingerprint density at radius 2 is 2.09 bits per heavy atom. The van der Waals surface area contributed by atoms with Gasteiger partial charge in [-0.3, -0.25) is 4.79 Å². The molecule has 170 valence electrons. The summed E-state index contributed by atoms with van der Waals surface area (Å²) in [6.07, 6.45) is 2.84. The number of carbonyl (C=O) groups excluding carboxylic acids is 1. The molecular formula is C27H29N3O2S. The Morgan fingerprint density at radius 3 is 2.88 bits per heavy atom. The number of thiophene rings is 1. The molecule has 2 aromatic heterocycles. The normalized spacial score (nSPS) is 12.8. The van der Waals surface area contributed by atoms with Crippen molar-refractivity contribution in [2.75, 3.05) is 18.6 Å². The van der Waals surface area contributed by atoms with E-state index in [1.807, 2.05) is 36.7 Å². The van der Waals surface area contributed by atoms with E-state index in [2.05, 4.69) is 42.7 Å². The zero-order chi connectivity index (χ0) is 22.9. The number of amides is 1. The van der Waals surface area contributed by atoms with E-state index in [1.165, 1.54) is 22.5 Å². The van der Waals surface area contributed by atoms with Gasteiger partial charge in [-0.05, 0) is 59.2 Å². The first-order valence-corrected chi connectivity index (χ1v) is 12.4. The second-order valence-electron chi connectivity index (χ2n) is 9.09. The average Bonchev–Trinajstić information content (AvgIpc) is 3.55. The fraction of sp³-hybridized carbons (Fsp3) is 0.333. The third-order valence-electron chi connectivity index (χ3n) is 6.28. The van der Waals surface area contributed by atoms with Gasteiger partial charge in [-0.1, -0.05) is 32.0 Å². The Balaban J connectivity index is 1.49. The summed E-state index contributed by atoms with van der Waals surface area (Å²) < 4.78 is 8.02. The first-order valence-electron chi connectivity index (χ1n) is 11.5. The molecule has 1 amide bonds. The number of carbonyl (C=O) groups is 1. The number of hydrogen-bond acceptors (Lipinski definition) is 4. The molecule has 0 saturated carbocycles. The van der Waals surface area contributed by atoms with Crippen LogP contribution >= 0.6 is 11.3 Å². The van der Waals surface area contributed by atoms with Crippen molar-refractivity contribution in [3.63, 3.8) is 0 Å². The van der Waals surface area contributed by atoms with Gasteiger partial charge in [-0.25, -0.2) is 4.98 Å². The molecule has 0 atom stereocenters. The number of anilines is 1. The molecule has 5 nitrogen and oxygen atoms in total. The maximum atomic E-state index is 12.8. The van der Waals surface area contributed by atoms with Crippen LogP contribution in [0.25, 0.3) is 11.0 Å². The van der Waals surface area contributed by atoms with Gasteiger partial charge in [0.1, 0.15) is 11.6 Å². The summed E-state index contributed by atoms with van der Waals surface area (Å²) in [5.74, 6) is 2.69. The summed E-state index contributed by atoms with van der Waals surface area (Å²) in [7, 11) is 1.83. The Hall–Kier alpha value is -3.12. The molecule has 6 heteroatoms. The molecule has 4 aromatic rings. The van der Waals surface area contributed by atoms with E-state index >= 15 is 0 Å². The summed E-state index contributed by atoms with van der Waals surface area (Å²) in [4.78, 5) is 20.3. The van der Waals surface area contributed by atoms with Gasteiger partial charge in [0.25, 0.3) is 5.91 Å². The highest BCUT2D eigenvalue weighted by molar-refractivity contribution is 7.12. The van der Waals surface area contributed by atoms with Gasteiger partial charge in [0.2, 0.25) is 0 Å². The summed E-state index contributed by atoms with van der Waals surface area (Å²) in [6.45, 7) is 6.21. The number of ether oxygens (including phenoxy) is 1. The van der Waals surface area contributed by atoms with Crippen LogP contribution in [0.15, 0.2) is 53.9 Å². The molecule has 33 heavy (non-hydrogen) atoms. The third-order valence-corrected chi connectivity index (χ3v) is 7.14. The van der Waals surface area contributed by atoms with Crippen LogP contribution in [-0.4, -0.2) is 29.1 Å². The van der Waals surface area contributed by atoms with Crippen molar-refractivity contribution in [1.82, 2.24) is 9.55 Å². The van der Waals surface area contributed by atoms with Crippen molar-refractivity contribution in [2.24, 2.45) is 5.92 Å². The molecule has 0 aliphatic carbocycles. The Kier molecular flexibility index (Phi) is 5.94. The zero-order valence-corrected chi connectivity index (χ0v) is 20.2. The van der Waals surface area contributed by atoms with Crippen LogP contribution in [0.4, 0.5) is 5.69 Å². The minimum Gasteiger partial charge on any atom is -0.493 e. The Labute approximate surface area is 198 Å². The zero-order valence-electron chi connectivity index (χ0n) is 19.4. The van der Waals surface area contributed by atoms with Crippen LogP contribution in [0.3, 0.4) is 0 Å². The number of aryl methyl sites for hydroxylation is 1. The Morgan fingerprint density at radius 1 is 1.21 bits per heavy atom. The highest BCUT2D eigenvalue weighted by Gasteiger charge is 2.18. The second-order valence-corrected chi connectivity index (χ2v) is 10.0. The molecule has 1 aliphatic rings. The highest BCUT2D eigenvalue weighted by Crippen LogP contribution is 2.29. The van der Waals surface area contributed by atoms with Crippen LogP contribution < -0.4 is 9.64 Å². The van der Waals surface area contributed by atoms with Gasteiger partial charge in [0.15, 0.2) is 0 Å². The molecular weight excluding hydrogens is 430 g/mol. The smallest absolute Gasteiger partial charge is 0.268 e. The molecule has 0 bridgehead atoms. The number of fused-ring (bicyclic) bond motifs is 2. The van der Waals surface area contributed by atoms with Crippen molar-refractivity contribution in [1.29, 1.82) is 0 Å². The van der Waals surface area contributed by atoms with Gasteiger partial charge in [-0.15, -0.1) is 11.3 Å². The number of rotatable bonds is 7. The standard InChI is InChI=1S/C27H29N3O2S/c1-18(2)10-12-30-23-8-7-21(29(3)27(31)25-5-4-14-33-25)17-22(23)28-26(30)16-19-6-9-24-20(15-19)11-13-32-24/h4-9,14-15,17-18H,10-13,16H2,1-3H3. The van der Waals surface area contributed by atoms with E-state index in [-0.39, 0.29) is 5.91 Å². The molecule has 5 rings (SSSR count). The minimum atomic E-state index is 0.00386. The van der Waals surface area contributed by atoms with E-state index in [0.717, 1.165) is 65.6 Å². The Bertz CT molecular complexity index is 1290. The molecule has 0 saturated heterocycles. The maximum absolute atomic E-state index is 12.8. The van der Waals surface area contributed by atoms with E-state index in [1.54, 1.807) is 4.90 Å². The van der Waals surface area contributed by atoms with Crippen molar-refractivity contribution >= 4 is 34.0 Å². The summed E-state index contributed by atoms with van der Waals surface area (Å²) in [6, 6.07) is 16.4. The molecule has 0 unspecified atom stereocenters. The molecule has 1 aliphatic heterocycles. The fourth-order valence-electron chi connectivity index (χ4n) is 4.36. The molecule has 2 aromatic carbocycles. The second kappa shape index (κ2) is 9.02. The van der Waals surface area contributed by atoms with Crippen LogP contribution in [0.1, 0.15) is 46.9 Å². The molecule has 0 N–H and O–H groups in total. The monoisotopic (exact) mass is 459 g/mol. The molecule has 0 spiro atoms. The predicted octanol–water partition coefficient (Wildman–Crippen LogP) is 5.95. The van der Waals surface area contributed by atoms with Crippen molar-refractivity contribution in [3.8, 4) is 5.75 Å². The SMILES string of the molecule is CC(C)CCn1c(Cc2ccc3c(c2)CCO3)nc2cc(N(C)C(=O)c3cccs3)ccc21. The van der Waals surface area contributed by atoms with Gasteiger partial charge >= 0.3 is 0 Å². The van der Waals surface area contributed by atoms with Crippen LogP contribution in [0, 0.1) is 5.92 Å². The lowest BCUT2D eigenvalue weighted by Gasteiger charge is -2.16. The first-order chi connectivity index (χ1) is 16.0. The van der Waals surface area contributed by atoms with E-state index < -0.39 is 0 Å². The summed E-state index contributed by atoms with van der Waals surface area (Å²) in [5, 5.41) is 1.93. The molecule has 3 heterocycles. The van der Waals surface area contributed by atoms with E-state index in [9.17, 15) is 4.79 Å².